The maximum atomic E-state index is 12.1. The van der Waals surface area contributed by atoms with Crippen molar-refractivity contribution < 1.29 is 28.0 Å². The quantitative estimate of drug-likeness (QED) is 0.351. The van der Waals surface area contributed by atoms with E-state index in [1.165, 1.54) is 24.3 Å². The topological polar surface area (TPSA) is 118 Å². The summed E-state index contributed by atoms with van der Waals surface area (Å²) < 4.78 is 32.1. The normalized spacial score (nSPS) is 17.5. The van der Waals surface area contributed by atoms with Gasteiger partial charge in [-0.15, -0.1) is 0 Å². The van der Waals surface area contributed by atoms with E-state index in [1.807, 2.05) is 0 Å². The zero-order valence-corrected chi connectivity index (χ0v) is 13.4. The number of rotatable bonds is 4. The van der Waals surface area contributed by atoms with E-state index < -0.39 is 21.8 Å². The van der Waals surface area contributed by atoms with Gasteiger partial charge in [0.05, 0.1) is 20.8 Å². The Morgan fingerprint density at radius 2 is 2.00 bits per heavy atom. The standard InChI is InChI=1S/C12H11NO6S3/c14-8-2-1-7(5-9(8)15)6-10-11(16)13(12(20)21-10)3-4-22(17,18)19/h1-2,5-6,14-15H,3-4H2,(H,17,18,19)/p-1/b10-6-. The molecule has 22 heavy (non-hydrogen) atoms. The van der Waals surface area contributed by atoms with E-state index >= 15 is 0 Å². The molecular formula is C12H10NO6S3-. The highest BCUT2D eigenvalue weighted by atomic mass is 32.2. The van der Waals surface area contributed by atoms with Crippen molar-refractivity contribution in [2.24, 2.45) is 0 Å². The monoisotopic (exact) mass is 360 g/mol. The average Bonchev–Trinajstić information content (AvgIpc) is 2.66. The van der Waals surface area contributed by atoms with Gasteiger partial charge < -0.3 is 14.8 Å². The van der Waals surface area contributed by atoms with Crippen molar-refractivity contribution in [3.05, 3.63) is 28.7 Å². The summed E-state index contributed by atoms with van der Waals surface area (Å²) in [6.07, 6.45) is 1.45. The van der Waals surface area contributed by atoms with Gasteiger partial charge >= 0.3 is 0 Å². The van der Waals surface area contributed by atoms with Crippen molar-refractivity contribution in [2.45, 2.75) is 0 Å². The van der Waals surface area contributed by atoms with E-state index in [0.717, 1.165) is 16.7 Å². The van der Waals surface area contributed by atoms with E-state index in [-0.39, 0.29) is 27.3 Å². The summed E-state index contributed by atoms with van der Waals surface area (Å²) in [5.41, 5.74) is 0.465. The fourth-order valence-corrected chi connectivity index (χ4v) is 3.39. The Hall–Kier alpha value is -1.62. The molecule has 1 aliphatic rings. The first-order chi connectivity index (χ1) is 10.2. The van der Waals surface area contributed by atoms with Gasteiger partial charge in [-0.25, -0.2) is 8.42 Å². The van der Waals surface area contributed by atoms with Crippen LogP contribution in [-0.2, 0) is 14.9 Å². The molecule has 7 nitrogen and oxygen atoms in total. The summed E-state index contributed by atoms with van der Waals surface area (Å²) in [7, 11) is -4.44. The number of phenols is 2. The highest BCUT2D eigenvalue weighted by molar-refractivity contribution is 8.26. The lowest BCUT2D eigenvalue weighted by Crippen LogP contribution is -2.32. The Kier molecular flexibility index (Phi) is 4.75. The van der Waals surface area contributed by atoms with E-state index in [9.17, 15) is 28.0 Å². The van der Waals surface area contributed by atoms with E-state index in [4.69, 9.17) is 12.2 Å². The highest BCUT2D eigenvalue weighted by Gasteiger charge is 2.31. The number of benzene rings is 1. The Bertz CT molecular complexity index is 771. The molecule has 1 aromatic carbocycles. The molecule has 118 valence electrons. The fraction of sp³-hybridized carbons (Fsp3) is 0.167. The van der Waals surface area contributed by atoms with Gasteiger partial charge in [0, 0.05) is 6.54 Å². The number of aromatic hydroxyl groups is 2. The van der Waals surface area contributed by atoms with Crippen LogP contribution in [0.25, 0.3) is 6.08 Å². The molecule has 1 heterocycles. The van der Waals surface area contributed by atoms with Crippen molar-refractivity contribution in [1.29, 1.82) is 0 Å². The van der Waals surface area contributed by atoms with E-state index in [1.54, 1.807) is 0 Å². The minimum atomic E-state index is -4.44. The van der Waals surface area contributed by atoms with Gasteiger partial charge in [-0.2, -0.15) is 0 Å². The first kappa shape index (κ1) is 16.7. The summed E-state index contributed by atoms with van der Waals surface area (Å²) in [6.45, 7) is -0.297. The van der Waals surface area contributed by atoms with Crippen molar-refractivity contribution in [3.8, 4) is 11.5 Å². The van der Waals surface area contributed by atoms with Gasteiger partial charge in [-0.05, 0) is 23.8 Å². The van der Waals surface area contributed by atoms with Crippen LogP contribution >= 0.6 is 24.0 Å². The number of nitrogens with zero attached hydrogens (tertiary/aromatic N) is 1. The van der Waals surface area contributed by atoms with E-state index in [2.05, 4.69) is 0 Å². The smallest absolute Gasteiger partial charge is 0.266 e. The molecule has 10 heteroatoms. The summed E-state index contributed by atoms with van der Waals surface area (Å²) in [6, 6.07) is 4.03. The zero-order valence-electron chi connectivity index (χ0n) is 10.9. The van der Waals surface area contributed by atoms with Crippen LogP contribution in [0.1, 0.15) is 5.56 Å². The van der Waals surface area contributed by atoms with Gasteiger partial charge in [0.25, 0.3) is 5.91 Å². The number of carbonyl (C=O) groups is 1. The van der Waals surface area contributed by atoms with Crippen molar-refractivity contribution >= 4 is 50.4 Å². The molecule has 1 saturated heterocycles. The Morgan fingerprint density at radius 1 is 1.32 bits per heavy atom. The van der Waals surface area contributed by atoms with Crippen LogP contribution in [0.2, 0.25) is 0 Å². The van der Waals surface area contributed by atoms with Crippen LogP contribution in [0.4, 0.5) is 0 Å². The maximum Gasteiger partial charge on any atom is 0.266 e. The molecule has 1 aromatic rings. The number of thiocarbonyl (C=S) groups is 1. The molecule has 0 saturated carbocycles. The summed E-state index contributed by atoms with van der Waals surface area (Å²) >= 11 is 5.95. The summed E-state index contributed by atoms with van der Waals surface area (Å²) in [5.74, 6) is -1.84. The van der Waals surface area contributed by atoms with Gasteiger partial charge in [0.15, 0.2) is 11.5 Å². The van der Waals surface area contributed by atoms with Crippen LogP contribution < -0.4 is 0 Å². The third-order valence-corrected chi connectivity index (χ3v) is 4.80. The molecule has 0 aromatic heterocycles. The lowest BCUT2D eigenvalue weighted by molar-refractivity contribution is -0.121. The Balaban J connectivity index is 2.20. The SMILES string of the molecule is O=C1/C(=C/c2ccc(O)c(O)c2)SC(=S)N1CCS(=O)(=O)[O-]. The highest BCUT2D eigenvalue weighted by Crippen LogP contribution is 2.33. The average molecular weight is 360 g/mol. The zero-order chi connectivity index (χ0) is 16.5. The second-order valence-electron chi connectivity index (χ2n) is 4.34. The predicted molar refractivity (Wildman–Crippen MR) is 84.2 cm³/mol. The molecule has 0 aliphatic carbocycles. The lowest BCUT2D eigenvalue weighted by Gasteiger charge is -2.15. The molecular weight excluding hydrogens is 350 g/mol. The molecule has 1 fully saturated rings. The van der Waals surface area contributed by atoms with Gasteiger partial charge in [-0.3, -0.25) is 9.69 Å². The molecule has 1 aliphatic heterocycles. The molecule has 2 rings (SSSR count). The molecule has 0 spiro atoms. The van der Waals surface area contributed by atoms with E-state index in [0.29, 0.717) is 5.56 Å². The van der Waals surface area contributed by atoms with Crippen LogP contribution in [0.5, 0.6) is 11.5 Å². The van der Waals surface area contributed by atoms with Crippen LogP contribution in [0.3, 0.4) is 0 Å². The van der Waals surface area contributed by atoms with Gasteiger partial charge in [0.1, 0.15) is 4.32 Å². The summed E-state index contributed by atoms with van der Waals surface area (Å²) in [4.78, 5) is 13.4. The molecule has 0 bridgehead atoms. The van der Waals surface area contributed by atoms with Crippen molar-refractivity contribution in [1.82, 2.24) is 4.90 Å². The maximum absolute atomic E-state index is 12.1. The minimum Gasteiger partial charge on any atom is -0.748 e. The van der Waals surface area contributed by atoms with Crippen molar-refractivity contribution in [2.75, 3.05) is 12.3 Å². The molecule has 2 N–H and O–H groups in total. The number of hydrogen-bond donors (Lipinski definition) is 2. The second-order valence-corrected chi connectivity index (χ2v) is 7.54. The van der Waals surface area contributed by atoms with Crippen LogP contribution in [-0.4, -0.2) is 50.6 Å². The largest absolute Gasteiger partial charge is 0.748 e. The number of hydrogen-bond acceptors (Lipinski definition) is 8. The number of carbonyl (C=O) groups excluding carboxylic acids is 1. The molecule has 0 radical (unpaired) electrons. The number of amides is 1. The molecule has 1 amide bonds. The number of phenolic OH excluding ortho intramolecular Hbond substituents is 2. The van der Waals surface area contributed by atoms with Gasteiger partial charge in [-0.1, -0.05) is 30.0 Å². The first-order valence-corrected chi connectivity index (χ1v) is 8.68. The molecule has 0 atom stereocenters. The second kappa shape index (κ2) is 6.24. The third-order valence-electron chi connectivity index (χ3n) is 2.74. The summed E-state index contributed by atoms with van der Waals surface area (Å²) in [5, 5.41) is 18.6. The minimum absolute atomic E-state index is 0.155. The van der Waals surface area contributed by atoms with Crippen LogP contribution in [0, 0.1) is 0 Å². The number of thioether (sulfide) groups is 1. The molecule has 0 unspecified atom stereocenters. The first-order valence-electron chi connectivity index (χ1n) is 5.88. The predicted octanol–water partition coefficient (Wildman–Crippen LogP) is 0.844. The third kappa shape index (κ3) is 3.97. The fourth-order valence-electron chi connectivity index (χ4n) is 1.68. The lowest BCUT2D eigenvalue weighted by atomic mass is 10.2. The van der Waals surface area contributed by atoms with Crippen molar-refractivity contribution in [3.63, 3.8) is 0 Å². The van der Waals surface area contributed by atoms with Gasteiger partial charge in [0.2, 0.25) is 0 Å². The van der Waals surface area contributed by atoms with Crippen LogP contribution in [0.15, 0.2) is 23.1 Å². The Labute approximate surface area is 136 Å². The Morgan fingerprint density at radius 3 is 2.59 bits per heavy atom.